The van der Waals surface area contributed by atoms with Crippen LogP contribution in [0.1, 0.15) is 57.2 Å². The molecule has 0 atom stereocenters. The molecule has 4 aromatic carbocycles. The number of aryl methyl sites for hydroxylation is 1. The van der Waals surface area contributed by atoms with Crippen molar-refractivity contribution in [1.82, 2.24) is 4.98 Å². The van der Waals surface area contributed by atoms with Crippen LogP contribution in [-0.2, 0) is 11.3 Å². The Balaban J connectivity index is 1.34. The number of hydrogen-bond donors (Lipinski definition) is 1. The number of fused-ring (bicyclic) bond motifs is 1. The second-order valence-electron chi connectivity index (χ2n) is 9.89. The number of carbonyl (C=O) groups is 2. The fourth-order valence-electron chi connectivity index (χ4n) is 4.59. The third-order valence-corrected chi connectivity index (χ3v) is 6.76. The van der Waals surface area contributed by atoms with Crippen LogP contribution in [0.3, 0.4) is 0 Å². The Morgan fingerprint density at radius 2 is 1.62 bits per heavy atom. The summed E-state index contributed by atoms with van der Waals surface area (Å²) >= 11 is 0. The zero-order valence-corrected chi connectivity index (χ0v) is 22.3. The summed E-state index contributed by atoms with van der Waals surface area (Å²) < 4.78 is 5.45. The van der Waals surface area contributed by atoms with Gasteiger partial charge < -0.3 is 10.1 Å². The van der Waals surface area contributed by atoms with Gasteiger partial charge in [-0.15, -0.1) is 0 Å². The van der Waals surface area contributed by atoms with E-state index in [1.807, 2.05) is 61.5 Å². The van der Waals surface area contributed by atoms with E-state index in [0.29, 0.717) is 28.4 Å². The Labute approximate surface area is 228 Å². The summed E-state index contributed by atoms with van der Waals surface area (Å²) in [6, 6.07) is 32.5. The summed E-state index contributed by atoms with van der Waals surface area (Å²) in [6.45, 7) is 6.55. The molecule has 0 aliphatic heterocycles. The minimum atomic E-state index is -0.397. The van der Waals surface area contributed by atoms with Crippen molar-refractivity contribution in [3.63, 3.8) is 0 Å². The maximum atomic E-state index is 13.4. The van der Waals surface area contributed by atoms with E-state index in [9.17, 15) is 9.59 Å². The molecule has 0 saturated carbocycles. The van der Waals surface area contributed by atoms with Crippen LogP contribution in [0, 0.1) is 6.92 Å². The van der Waals surface area contributed by atoms with E-state index < -0.39 is 5.97 Å². The SMILES string of the molecule is Cc1cccc(C(=O)Nc2ccc3cc(C(=O)OCc4ccccc4)ccc3n2)c1-c1ccc(C(C)C)cc1. The number of carbonyl (C=O) groups excluding carboxylic acids is 2. The molecule has 0 fully saturated rings. The first-order valence-electron chi connectivity index (χ1n) is 13.0. The van der Waals surface area contributed by atoms with Gasteiger partial charge in [0.05, 0.1) is 11.1 Å². The van der Waals surface area contributed by atoms with Gasteiger partial charge in [-0.2, -0.15) is 0 Å². The van der Waals surface area contributed by atoms with Crippen molar-refractivity contribution in [3.05, 3.63) is 131 Å². The summed E-state index contributed by atoms with van der Waals surface area (Å²) in [7, 11) is 0. The van der Waals surface area contributed by atoms with Gasteiger partial charge in [-0.3, -0.25) is 4.79 Å². The van der Waals surface area contributed by atoms with Crippen molar-refractivity contribution >= 4 is 28.6 Å². The fourth-order valence-corrected chi connectivity index (χ4v) is 4.59. The molecule has 0 saturated heterocycles. The monoisotopic (exact) mass is 514 g/mol. The number of rotatable bonds is 7. The second-order valence-corrected chi connectivity index (χ2v) is 9.89. The van der Waals surface area contributed by atoms with Crippen LogP contribution in [0.2, 0.25) is 0 Å². The van der Waals surface area contributed by atoms with Gasteiger partial charge in [0.25, 0.3) is 5.91 Å². The highest BCUT2D eigenvalue weighted by Crippen LogP contribution is 2.30. The molecule has 0 aliphatic rings. The fraction of sp³-hybridized carbons (Fsp3) is 0.147. The number of pyridine rings is 1. The Kier molecular flexibility index (Phi) is 7.50. The number of esters is 1. The molecule has 1 aromatic heterocycles. The zero-order chi connectivity index (χ0) is 27.4. The predicted molar refractivity (Wildman–Crippen MR) is 156 cm³/mol. The van der Waals surface area contributed by atoms with Crippen molar-refractivity contribution in [2.75, 3.05) is 5.32 Å². The first-order chi connectivity index (χ1) is 18.9. The third kappa shape index (κ3) is 5.88. The van der Waals surface area contributed by atoms with Crippen molar-refractivity contribution in [2.24, 2.45) is 0 Å². The summed E-state index contributed by atoms with van der Waals surface area (Å²) in [4.78, 5) is 30.6. The van der Waals surface area contributed by atoms with Crippen LogP contribution in [0.25, 0.3) is 22.0 Å². The maximum absolute atomic E-state index is 13.4. The minimum absolute atomic E-state index is 0.212. The standard InChI is InChI=1S/C34H30N2O3/c1-22(2)25-12-14-26(15-13-25)32-23(3)8-7-11-29(32)33(37)36-31-19-17-27-20-28(16-18-30(27)35-31)34(38)39-21-24-9-5-4-6-10-24/h4-20,22H,21H2,1-3H3,(H,35,36,37). The molecule has 0 spiro atoms. The molecule has 0 bridgehead atoms. The summed E-state index contributed by atoms with van der Waals surface area (Å²) in [5.41, 5.74) is 6.82. The normalized spacial score (nSPS) is 11.0. The van der Waals surface area contributed by atoms with Crippen LogP contribution >= 0.6 is 0 Å². The number of aromatic nitrogens is 1. The van der Waals surface area contributed by atoms with Gasteiger partial charge in [0.1, 0.15) is 12.4 Å². The van der Waals surface area contributed by atoms with E-state index in [2.05, 4.69) is 48.4 Å². The molecule has 5 rings (SSSR count). The van der Waals surface area contributed by atoms with Crippen LogP contribution in [0.15, 0.2) is 103 Å². The smallest absolute Gasteiger partial charge is 0.338 e. The number of ether oxygens (including phenoxy) is 1. The molecule has 39 heavy (non-hydrogen) atoms. The Hall–Kier alpha value is -4.77. The van der Waals surface area contributed by atoms with Crippen LogP contribution in [-0.4, -0.2) is 16.9 Å². The van der Waals surface area contributed by atoms with E-state index >= 15 is 0 Å². The van der Waals surface area contributed by atoms with E-state index in [4.69, 9.17) is 4.74 Å². The van der Waals surface area contributed by atoms with Gasteiger partial charge in [0.2, 0.25) is 0 Å². The molecule has 1 amide bonds. The average molecular weight is 515 g/mol. The topological polar surface area (TPSA) is 68.3 Å². The van der Waals surface area contributed by atoms with Gasteiger partial charge >= 0.3 is 5.97 Å². The molecule has 0 aliphatic carbocycles. The number of nitrogens with one attached hydrogen (secondary N) is 1. The summed E-state index contributed by atoms with van der Waals surface area (Å²) in [5, 5.41) is 3.73. The van der Waals surface area contributed by atoms with Crippen LogP contribution in [0.5, 0.6) is 0 Å². The number of anilines is 1. The molecular formula is C34H30N2O3. The molecule has 5 heteroatoms. The quantitative estimate of drug-likeness (QED) is 0.224. The molecule has 5 aromatic rings. The lowest BCUT2D eigenvalue weighted by Crippen LogP contribution is -2.14. The minimum Gasteiger partial charge on any atom is -0.457 e. The largest absolute Gasteiger partial charge is 0.457 e. The lowest BCUT2D eigenvalue weighted by atomic mass is 9.92. The zero-order valence-electron chi connectivity index (χ0n) is 22.3. The predicted octanol–water partition coefficient (Wildman–Crippen LogP) is 7.94. The number of amides is 1. The van der Waals surface area contributed by atoms with Crippen LogP contribution in [0.4, 0.5) is 5.82 Å². The van der Waals surface area contributed by atoms with Crippen molar-refractivity contribution < 1.29 is 14.3 Å². The molecule has 1 N–H and O–H groups in total. The Morgan fingerprint density at radius 1 is 0.846 bits per heavy atom. The molecule has 194 valence electrons. The highest BCUT2D eigenvalue weighted by atomic mass is 16.5. The van der Waals surface area contributed by atoms with Gasteiger partial charge in [0, 0.05) is 10.9 Å². The molecule has 0 radical (unpaired) electrons. The highest BCUT2D eigenvalue weighted by Gasteiger charge is 2.16. The second kappa shape index (κ2) is 11.3. The maximum Gasteiger partial charge on any atom is 0.338 e. The van der Waals surface area contributed by atoms with Crippen molar-refractivity contribution in [2.45, 2.75) is 33.3 Å². The van der Waals surface area contributed by atoms with Crippen molar-refractivity contribution in [1.29, 1.82) is 0 Å². The molecular weight excluding hydrogens is 484 g/mol. The molecule has 5 nitrogen and oxygen atoms in total. The average Bonchev–Trinajstić information content (AvgIpc) is 2.96. The molecule has 0 unspecified atom stereocenters. The van der Waals surface area contributed by atoms with E-state index in [-0.39, 0.29) is 12.5 Å². The first kappa shape index (κ1) is 25.9. The van der Waals surface area contributed by atoms with Crippen molar-refractivity contribution in [3.8, 4) is 11.1 Å². The summed E-state index contributed by atoms with van der Waals surface area (Å²) in [6.07, 6.45) is 0. The van der Waals surface area contributed by atoms with Crippen LogP contribution < -0.4 is 5.32 Å². The first-order valence-corrected chi connectivity index (χ1v) is 13.0. The molecule has 1 heterocycles. The third-order valence-electron chi connectivity index (χ3n) is 6.76. The lowest BCUT2D eigenvalue weighted by Gasteiger charge is -2.14. The van der Waals surface area contributed by atoms with Gasteiger partial charge in [-0.25, -0.2) is 9.78 Å². The number of hydrogen-bond acceptors (Lipinski definition) is 4. The van der Waals surface area contributed by atoms with E-state index in [1.165, 1.54) is 5.56 Å². The van der Waals surface area contributed by atoms with E-state index in [1.54, 1.807) is 24.3 Å². The van der Waals surface area contributed by atoms with Gasteiger partial charge in [-0.1, -0.05) is 80.6 Å². The number of benzene rings is 4. The lowest BCUT2D eigenvalue weighted by molar-refractivity contribution is 0.0473. The van der Waals surface area contributed by atoms with E-state index in [0.717, 1.165) is 27.6 Å². The summed E-state index contributed by atoms with van der Waals surface area (Å²) in [5.74, 6) is 0.254. The number of nitrogens with zero attached hydrogens (tertiary/aromatic N) is 1. The Morgan fingerprint density at radius 3 is 2.36 bits per heavy atom. The van der Waals surface area contributed by atoms with Gasteiger partial charge in [0.15, 0.2) is 0 Å². The highest BCUT2D eigenvalue weighted by molar-refractivity contribution is 6.09. The Bertz CT molecular complexity index is 1640. The van der Waals surface area contributed by atoms with Gasteiger partial charge in [-0.05, 0) is 77.1 Å².